The zero-order chi connectivity index (χ0) is 23.6. The summed E-state index contributed by atoms with van der Waals surface area (Å²) in [4.78, 5) is 0.636. The third-order valence-electron chi connectivity index (χ3n) is 5.13. The molecule has 0 aliphatic heterocycles. The van der Waals surface area contributed by atoms with Crippen molar-refractivity contribution in [3.8, 4) is 5.75 Å². The molecular formula is C25H22ClF3N2OS. The minimum absolute atomic E-state index is 0.242. The van der Waals surface area contributed by atoms with Crippen molar-refractivity contribution < 1.29 is 17.9 Å². The van der Waals surface area contributed by atoms with Crippen molar-refractivity contribution in [2.24, 2.45) is 0 Å². The largest absolute Gasteiger partial charge is 0.573 e. The van der Waals surface area contributed by atoms with Gasteiger partial charge in [0, 0.05) is 28.0 Å². The monoisotopic (exact) mass is 490 g/mol. The van der Waals surface area contributed by atoms with Crippen molar-refractivity contribution in [3.63, 3.8) is 0 Å². The third kappa shape index (κ3) is 5.85. The fraction of sp³-hybridized carbons (Fsp3) is 0.200. The van der Waals surface area contributed by atoms with E-state index in [0.717, 1.165) is 38.2 Å². The van der Waals surface area contributed by atoms with E-state index in [-0.39, 0.29) is 5.75 Å². The van der Waals surface area contributed by atoms with E-state index in [4.69, 9.17) is 11.6 Å². The first kappa shape index (κ1) is 23.5. The molecule has 8 heteroatoms. The number of aryl methyl sites for hydroxylation is 1. The summed E-state index contributed by atoms with van der Waals surface area (Å²) in [7, 11) is 1.88. The molecule has 172 valence electrons. The molecule has 4 rings (SSSR count). The molecule has 0 saturated carbocycles. The Morgan fingerprint density at radius 3 is 2.58 bits per heavy atom. The molecule has 0 aliphatic carbocycles. The van der Waals surface area contributed by atoms with Gasteiger partial charge in [-0.1, -0.05) is 41.9 Å². The van der Waals surface area contributed by atoms with Gasteiger partial charge in [-0.05, 0) is 84.9 Å². The number of hydrogen-bond donors (Lipinski definition) is 1. The topological polar surface area (TPSA) is 26.2 Å². The van der Waals surface area contributed by atoms with Crippen LogP contribution in [0.4, 0.5) is 13.2 Å². The van der Waals surface area contributed by atoms with Crippen molar-refractivity contribution >= 4 is 34.5 Å². The Kier molecular flexibility index (Phi) is 6.93. The predicted molar refractivity (Wildman–Crippen MR) is 128 cm³/mol. The SMILES string of the molecule is CNCc1cn(Sc2cccc(OC(F)(F)F)c2)c2cc(Cc3ccc(C)cc3Cl)ccc12. The highest BCUT2D eigenvalue weighted by Gasteiger charge is 2.31. The van der Waals surface area contributed by atoms with Crippen molar-refractivity contribution in [1.29, 1.82) is 0 Å². The molecule has 1 heterocycles. The average molecular weight is 491 g/mol. The molecule has 3 aromatic carbocycles. The molecule has 1 N–H and O–H groups in total. The van der Waals surface area contributed by atoms with E-state index in [9.17, 15) is 13.2 Å². The Morgan fingerprint density at radius 2 is 1.85 bits per heavy atom. The Balaban J connectivity index is 1.68. The van der Waals surface area contributed by atoms with Gasteiger partial charge in [0.05, 0.1) is 5.52 Å². The molecule has 0 atom stereocenters. The summed E-state index contributed by atoms with van der Waals surface area (Å²) >= 11 is 7.77. The Hall–Kier alpha value is -2.61. The van der Waals surface area contributed by atoms with Crippen LogP contribution in [0.15, 0.2) is 71.8 Å². The van der Waals surface area contributed by atoms with Crippen LogP contribution in [0.25, 0.3) is 10.9 Å². The molecule has 0 aliphatic rings. The van der Waals surface area contributed by atoms with Crippen LogP contribution in [0.1, 0.15) is 22.3 Å². The van der Waals surface area contributed by atoms with Crippen LogP contribution in [0, 0.1) is 6.92 Å². The number of nitrogens with one attached hydrogen (secondary N) is 1. The summed E-state index contributed by atoms with van der Waals surface area (Å²) < 4.78 is 43.9. The number of alkyl halides is 3. The summed E-state index contributed by atoms with van der Waals surface area (Å²) in [6.45, 7) is 2.67. The van der Waals surface area contributed by atoms with Gasteiger partial charge in [0.25, 0.3) is 0 Å². The minimum Gasteiger partial charge on any atom is -0.406 e. The summed E-state index contributed by atoms with van der Waals surface area (Å²) in [6.07, 6.45) is -2.04. The number of aromatic nitrogens is 1. The van der Waals surface area contributed by atoms with E-state index in [1.165, 1.54) is 24.1 Å². The smallest absolute Gasteiger partial charge is 0.406 e. The highest BCUT2D eigenvalue weighted by molar-refractivity contribution is 7.98. The molecular weight excluding hydrogens is 469 g/mol. The maximum Gasteiger partial charge on any atom is 0.573 e. The number of rotatable bonds is 7. The van der Waals surface area contributed by atoms with Gasteiger partial charge in [0.2, 0.25) is 0 Å². The standard InChI is InChI=1S/C25H22ClF3N2OS/c1-16-6-8-18(23(26)10-16)11-17-7-9-22-19(14-30-2)15-31(24(22)12-17)33-21-5-3-4-20(13-21)32-25(27,28)29/h3-10,12-13,15,30H,11,14H2,1-2H3. The maximum atomic E-state index is 12.6. The molecule has 3 nitrogen and oxygen atoms in total. The molecule has 0 bridgehead atoms. The first-order valence-corrected chi connectivity index (χ1v) is 11.4. The number of fused-ring (bicyclic) bond motifs is 1. The first-order valence-electron chi connectivity index (χ1n) is 10.3. The normalized spacial score (nSPS) is 11.8. The van der Waals surface area contributed by atoms with E-state index < -0.39 is 6.36 Å². The number of halogens is 4. The molecule has 0 fully saturated rings. The van der Waals surface area contributed by atoms with Crippen molar-refractivity contribution in [2.75, 3.05) is 7.05 Å². The second kappa shape index (κ2) is 9.71. The molecule has 0 spiro atoms. The van der Waals surface area contributed by atoms with Gasteiger partial charge >= 0.3 is 6.36 Å². The van der Waals surface area contributed by atoms with Crippen LogP contribution in [0.3, 0.4) is 0 Å². The Bertz CT molecular complexity index is 1290. The lowest BCUT2D eigenvalue weighted by Gasteiger charge is -2.11. The van der Waals surface area contributed by atoms with E-state index >= 15 is 0 Å². The maximum absolute atomic E-state index is 12.6. The highest BCUT2D eigenvalue weighted by atomic mass is 35.5. The minimum atomic E-state index is -4.73. The number of nitrogens with zero attached hydrogens (tertiary/aromatic N) is 1. The van der Waals surface area contributed by atoms with E-state index in [0.29, 0.717) is 17.9 Å². The van der Waals surface area contributed by atoms with Crippen LogP contribution < -0.4 is 10.1 Å². The van der Waals surface area contributed by atoms with E-state index in [1.807, 2.05) is 42.3 Å². The number of benzene rings is 3. The second-order valence-electron chi connectivity index (χ2n) is 7.75. The molecule has 4 aromatic rings. The van der Waals surface area contributed by atoms with Crippen molar-refractivity contribution in [2.45, 2.75) is 31.1 Å². The Morgan fingerprint density at radius 1 is 1.03 bits per heavy atom. The zero-order valence-electron chi connectivity index (χ0n) is 18.0. The lowest BCUT2D eigenvalue weighted by molar-refractivity contribution is -0.274. The number of ether oxygens (including phenoxy) is 1. The fourth-order valence-electron chi connectivity index (χ4n) is 3.69. The molecule has 33 heavy (non-hydrogen) atoms. The lowest BCUT2D eigenvalue weighted by Crippen LogP contribution is -2.17. The van der Waals surface area contributed by atoms with Gasteiger partial charge < -0.3 is 10.1 Å². The third-order valence-corrected chi connectivity index (χ3v) is 6.45. The molecule has 0 amide bonds. The van der Waals surface area contributed by atoms with Gasteiger partial charge in [0.15, 0.2) is 0 Å². The quantitative estimate of drug-likeness (QED) is 0.293. The fourth-order valence-corrected chi connectivity index (χ4v) is 4.95. The molecule has 0 radical (unpaired) electrons. The van der Waals surface area contributed by atoms with Crippen LogP contribution in [0.2, 0.25) is 5.02 Å². The summed E-state index contributed by atoms with van der Waals surface area (Å²) in [5.41, 5.74) is 5.33. The van der Waals surface area contributed by atoms with E-state index in [2.05, 4.69) is 28.3 Å². The van der Waals surface area contributed by atoms with Crippen molar-refractivity contribution in [1.82, 2.24) is 9.29 Å². The molecule has 0 unspecified atom stereocenters. The van der Waals surface area contributed by atoms with Crippen LogP contribution in [0.5, 0.6) is 5.75 Å². The lowest BCUT2D eigenvalue weighted by atomic mass is 10.0. The van der Waals surface area contributed by atoms with Gasteiger partial charge in [-0.2, -0.15) is 0 Å². The van der Waals surface area contributed by atoms with Gasteiger partial charge in [-0.15, -0.1) is 13.2 Å². The first-order chi connectivity index (χ1) is 15.7. The number of hydrogen-bond acceptors (Lipinski definition) is 3. The summed E-state index contributed by atoms with van der Waals surface area (Å²) in [6, 6.07) is 18.3. The second-order valence-corrected chi connectivity index (χ2v) is 9.20. The van der Waals surface area contributed by atoms with Gasteiger partial charge in [0.1, 0.15) is 5.75 Å². The van der Waals surface area contributed by atoms with E-state index in [1.54, 1.807) is 12.1 Å². The van der Waals surface area contributed by atoms with Gasteiger partial charge in [-0.25, -0.2) is 0 Å². The van der Waals surface area contributed by atoms with Crippen LogP contribution >= 0.6 is 23.5 Å². The Labute approximate surface area is 199 Å². The predicted octanol–water partition coefficient (Wildman–Crippen LogP) is 7.37. The molecule has 1 aromatic heterocycles. The van der Waals surface area contributed by atoms with Crippen molar-refractivity contribution in [3.05, 3.63) is 94.1 Å². The van der Waals surface area contributed by atoms with Crippen LogP contribution in [-0.4, -0.2) is 17.4 Å². The highest BCUT2D eigenvalue weighted by Crippen LogP contribution is 2.33. The zero-order valence-corrected chi connectivity index (χ0v) is 19.6. The van der Waals surface area contributed by atoms with Crippen LogP contribution in [-0.2, 0) is 13.0 Å². The molecule has 0 saturated heterocycles. The average Bonchev–Trinajstić information content (AvgIpc) is 3.06. The summed E-state index contributed by atoms with van der Waals surface area (Å²) in [5.74, 6) is -0.242. The summed E-state index contributed by atoms with van der Waals surface area (Å²) in [5, 5.41) is 4.99. The van der Waals surface area contributed by atoms with Gasteiger partial charge in [-0.3, -0.25) is 3.97 Å².